The number of carbonyl (C=O) groups excluding carboxylic acids is 2. The van der Waals surface area contributed by atoms with Gasteiger partial charge >= 0.3 is 0 Å². The van der Waals surface area contributed by atoms with Crippen LogP contribution in [0.25, 0.3) is 0 Å². The number of hydrogen-bond donors (Lipinski definition) is 2. The summed E-state index contributed by atoms with van der Waals surface area (Å²) in [5, 5.41) is 6.01. The molecule has 0 fully saturated rings. The van der Waals surface area contributed by atoms with Gasteiger partial charge in [-0.05, 0) is 56.4 Å². The largest absolute Gasteiger partial charge is 0.326 e. The summed E-state index contributed by atoms with van der Waals surface area (Å²) in [6.45, 7) is 10.1. The Bertz CT molecular complexity index is 565. The van der Waals surface area contributed by atoms with Gasteiger partial charge in [-0.15, -0.1) is 0 Å². The van der Waals surface area contributed by atoms with Crippen molar-refractivity contribution in [3.8, 4) is 0 Å². The summed E-state index contributed by atoms with van der Waals surface area (Å²) >= 11 is 0. The fraction of sp³-hybridized carbons (Fsp3) is 0.579. The third-order valence-corrected chi connectivity index (χ3v) is 4.15. The van der Waals surface area contributed by atoms with Crippen LogP contribution in [0.1, 0.15) is 69.1 Å². The molecule has 4 heteroatoms. The van der Waals surface area contributed by atoms with E-state index in [-0.39, 0.29) is 11.8 Å². The highest BCUT2D eigenvalue weighted by Crippen LogP contribution is 2.30. The predicted octanol–water partition coefficient (Wildman–Crippen LogP) is 4.87. The molecule has 0 saturated heterocycles. The van der Waals surface area contributed by atoms with Crippen LogP contribution in [0.5, 0.6) is 0 Å². The summed E-state index contributed by atoms with van der Waals surface area (Å²) < 4.78 is 0. The number of hydrogen-bond acceptors (Lipinski definition) is 2. The molecular weight excluding hydrogens is 288 g/mol. The molecule has 0 saturated carbocycles. The fourth-order valence-electron chi connectivity index (χ4n) is 2.49. The van der Waals surface area contributed by atoms with Crippen molar-refractivity contribution in [1.29, 1.82) is 0 Å². The zero-order valence-corrected chi connectivity index (χ0v) is 15.1. The van der Waals surface area contributed by atoms with Crippen molar-refractivity contribution in [3.63, 3.8) is 0 Å². The van der Waals surface area contributed by atoms with Crippen molar-refractivity contribution in [3.05, 3.63) is 22.8 Å². The molecule has 2 N–H and O–H groups in total. The third kappa shape index (κ3) is 5.70. The Balaban J connectivity index is 2.91. The van der Waals surface area contributed by atoms with E-state index in [1.54, 1.807) is 0 Å². The minimum atomic E-state index is 0.0495. The highest BCUT2D eigenvalue weighted by atomic mass is 16.2. The Morgan fingerprint density at radius 1 is 0.870 bits per heavy atom. The van der Waals surface area contributed by atoms with Gasteiger partial charge in [0.2, 0.25) is 11.8 Å². The van der Waals surface area contributed by atoms with E-state index in [1.807, 2.05) is 26.8 Å². The molecule has 0 atom stereocenters. The Morgan fingerprint density at radius 2 is 1.39 bits per heavy atom. The van der Waals surface area contributed by atoms with Crippen LogP contribution in [0, 0.1) is 20.8 Å². The van der Waals surface area contributed by atoms with E-state index >= 15 is 0 Å². The maximum Gasteiger partial charge on any atom is 0.224 e. The van der Waals surface area contributed by atoms with Gasteiger partial charge in [-0.2, -0.15) is 0 Å². The number of nitrogens with one attached hydrogen (secondary N) is 2. The van der Waals surface area contributed by atoms with Crippen molar-refractivity contribution >= 4 is 23.2 Å². The normalized spacial score (nSPS) is 10.5. The summed E-state index contributed by atoms with van der Waals surface area (Å²) in [6.07, 6.45) is 4.90. The van der Waals surface area contributed by atoms with Gasteiger partial charge in [0, 0.05) is 24.2 Å². The van der Waals surface area contributed by atoms with E-state index in [9.17, 15) is 9.59 Å². The number of unbranched alkanes of at least 4 members (excludes halogenated alkanes) is 2. The first kappa shape index (κ1) is 19.2. The summed E-state index contributed by atoms with van der Waals surface area (Å²) in [5.74, 6) is 0.102. The number of aryl methyl sites for hydroxylation is 1. The maximum atomic E-state index is 12.0. The van der Waals surface area contributed by atoms with E-state index < -0.39 is 0 Å². The molecule has 2 amide bonds. The predicted molar refractivity (Wildman–Crippen MR) is 97.0 cm³/mol. The number of anilines is 2. The maximum absolute atomic E-state index is 12.0. The second-order valence-electron chi connectivity index (χ2n) is 6.17. The average Bonchev–Trinajstić information content (AvgIpc) is 2.52. The minimum Gasteiger partial charge on any atom is -0.326 e. The van der Waals surface area contributed by atoms with Gasteiger partial charge in [0.15, 0.2) is 0 Å². The summed E-state index contributed by atoms with van der Waals surface area (Å²) in [6, 6.07) is 1.95. The standard InChI is InChI=1S/C19H30N2O2/c1-6-8-10-17(22)20-16-12-13(3)19(15(5)14(16)4)21-18(23)11-9-7-2/h12H,6-11H2,1-5H3,(H,20,22)(H,21,23). The van der Waals surface area contributed by atoms with Crippen molar-refractivity contribution in [2.24, 2.45) is 0 Å². The van der Waals surface area contributed by atoms with Crippen molar-refractivity contribution in [2.75, 3.05) is 10.6 Å². The molecule has 0 aromatic heterocycles. The van der Waals surface area contributed by atoms with Crippen LogP contribution in [0.3, 0.4) is 0 Å². The van der Waals surface area contributed by atoms with Gasteiger partial charge in [0.1, 0.15) is 0 Å². The molecule has 4 nitrogen and oxygen atoms in total. The van der Waals surface area contributed by atoms with Crippen LogP contribution in [-0.2, 0) is 9.59 Å². The van der Waals surface area contributed by atoms with Crippen molar-refractivity contribution < 1.29 is 9.59 Å². The van der Waals surface area contributed by atoms with E-state index in [2.05, 4.69) is 24.5 Å². The number of benzene rings is 1. The van der Waals surface area contributed by atoms with E-state index in [0.29, 0.717) is 12.8 Å². The Hall–Kier alpha value is -1.84. The van der Waals surface area contributed by atoms with Gasteiger partial charge in [-0.3, -0.25) is 9.59 Å². The molecule has 23 heavy (non-hydrogen) atoms. The molecule has 1 aromatic rings. The zero-order valence-electron chi connectivity index (χ0n) is 15.1. The molecule has 0 aliphatic heterocycles. The third-order valence-electron chi connectivity index (χ3n) is 4.15. The summed E-state index contributed by atoms with van der Waals surface area (Å²) in [4.78, 5) is 23.9. The topological polar surface area (TPSA) is 58.2 Å². The second kappa shape index (κ2) is 9.33. The van der Waals surface area contributed by atoms with Crippen molar-refractivity contribution in [2.45, 2.75) is 73.1 Å². The van der Waals surface area contributed by atoms with Gasteiger partial charge in [0.05, 0.1) is 0 Å². The number of carbonyl (C=O) groups is 2. The van der Waals surface area contributed by atoms with Crippen LogP contribution in [0.4, 0.5) is 11.4 Å². The highest BCUT2D eigenvalue weighted by Gasteiger charge is 2.14. The average molecular weight is 318 g/mol. The summed E-state index contributed by atoms with van der Waals surface area (Å²) in [5.41, 5.74) is 4.71. The molecule has 1 aromatic carbocycles. The molecular formula is C19H30N2O2. The minimum absolute atomic E-state index is 0.0495. The lowest BCUT2D eigenvalue weighted by molar-refractivity contribution is -0.117. The molecule has 0 aliphatic carbocycles. The second-order valence-corrected chi connectivity index (χ2v) is 6.17. The summed E-state index contributed by atoms with van der Waals surface area (Å²) in [7, 11) is 0. The molecule has 128 valence electrons. The van der Waals surface area contributed by atoms with E-state index in [1.165, 1.54) is 0 Å². The molecule has 0 radical (unpaired) electrons. The van der Waals surface area contributed by atoms with Crippen LogP contribution < -0.4 is 10.6 Å². The number of amides is 2. The molecule has 0 unspecified atom stereocenters. The molecule has 0 heterocycles. The van der Waals surface area contributed by atoms with Gasteiger partial charge in [0.25, 0.3) is 0 Å². The van der Waals surface area contributed by atoms with Crippen LogP contribution >= 0.6 is 0 Å². The smallest absolute Gasteiger partial charge is 0.224 e. The molecule has 0 aliphatic rings. The van der Waals surface area contributed by atoms with Gasteiger partial charge < -0.3 is 10.6 Å². The first-order chi connectivity index (χ1) is 10.9. The Kier molecular flexibility index (Phi) is 7.79. The molecule has 0 spiro atoms. The first-order valence-corrected chi connectivity index (χ1v) is 8.61. The van der Waals surface area contributed by atoms with E-state index in [4.69, 9.17) is 0 Å². The van der Waals surface area contributed by atoms with Crippen molar-refractivity contribution in [1.82, 2.24) is 0 Å². The van der Waals surface area contributed by atoms with Crippen LogP contribution in [-0.4, -0.2) is 11.8 Å². The molecule has 1 rings (SSSR count). The Labute approximate surface area is 140 Å². The molecule has 0 bridgehead atoms. The first-order valence-electron chi connectivity index (χ1n) is 8.61. The van der Waals surface area contributed by atoms with E-state index in [0.717, 1.165) is 53.7 Å². The highest BCUT2D eigenvalue weighted by molar-refractivity contribution is 5.95. The zero-order chi connectivity index (χ0) is 17.4. The van der Waals surface area contributed by atoms with Gasteiger partial charge in [-0.25, -0.2) is 0 Å². The lowest BCUT2D eigenvalue weighted by Gasteiger charge is -2.18. The Morgan fingerprint density at radius 3 is 1.91 bits per heavy atom. The van der Waals surface area contributed by atoms with Crippen LogP contribution in [0.15, 0.2) is 6.07 Å². The van der Waals surface area contributed by atoms with Gasteiger partial charge in [-0.1, -0.05) is 26.7 Å². The fourth-order valence-corrected chi connectivity index (χ4v) is 2.49. The number of rotatable bonds is 8. The quantitative estimate of drug-likeness (QED) is 0.718. The lowest BCUT2D eigenvalue weighted by Crippen LogP contribution is -2.16. The SMILES string of the molecule is CCCCC(=O)Nc1cc(C)c(NC(=O)CCCC)c(C)c1C. The lowest BCUT2D eigenvalue weighted by atomic mass is 10.0. The van der Waals surface area contributed by atoms with Crippen LogP contribution in [0.2, 0.25) is 0 Å². The monoisotopic (exact) mass is 318 g/mol.